The summed E-state index contributed by atoms with van der Waals surface area (Å²) in [5, 5.41) is 8.81. The molecule has 0 saturated carbocycles. The minimum Gasteiger partial charge on any atom is -0.478 e. The van der Waals surface area contributed by atoms with Crippen LogP contribution in [0.25, 0.3) is 0 Å². The van der Waals surface area contributed by atoms with E-state index in [-0.39, 0.29) is 0 Å². The van der Waals surface area contributed by atoms with Crippen molar-refractivity contribution in [1.82, 2.24) is 0 Å². The number of hydrogen-bond donors (Lipinski definition) is 1. The monoisotopic (exact) mass is 240 g/mol. The number of carboxylic acids is 1. The lowest BCUT2D eigenvalue weighted by Crippen LogP contribution is -1.94. The Kier molecular flexibility index (Phi) is 11.1. The molecule has 0 rings (SSSR count). The number of carboxylic acid groups (broad SMARTS) is 1. The molecule has 0 bridgehead atoms. The van der Waals surface area contributed by atoms with Gasteiger partial charge < -0.3 is 5.11 Å². The summed E-state index contributed by atoms with van der Waals surface area (Å²) >= 11 is 0. The van der Waals surface area contributed by atoms with Gasteiger partial charge in [0, 0.05) is 6.08 Å². The Bertz CT molecular complexity index is 205. The molecule has 0 aliphatic carbocycles. The molecule has 17 heavy (non-hydrogen) atoms. The molecule has 0 saturated heterocycles. The van der Waals surface area contributed by atoms with Crippen LogP contribution >= 0.6 is 0 Å². The Hall–Kier alpha value is -0.790. The van der Waals surface area contributed by atoms with Crippen molar-refractivity contribution in [2.24, 2.45) is 0 Å². The molecule has 0 radical (unpaired) electrons. The molecular formula is C15H28O2. The quantitative estimate of drug-likeness (QED) is 0.410. The van der Waals surface area contributed by atoms with Crippen LogP contribution in [-0.2, 0) is 4.79 Å². The van der Waals surface area contributed by atoms with Gasteiger partial charge in [0.25, 0.3) is 0 Å². The second kappa shape index (κ2) is 11.7. The van der Waals surface area contributed by atoms with Crippen molar-refractivity contribution in [3.63, 3.8) is 0 Å². The topological polar surface area (TPSA) is 37.3 Å². The molecule has 100 valence electrons. The SMILES string of the molecule is CCCCCCC(=CC(=O)O)CCCCCC. The van der Waals surface area contributed by atoms with Crippen LogP contribution in [0.15, 0.2) is 11.6 Å². The first-order valence-electron chi connectivity index (χ1n) is 7.13. The van der Waals surface area contributed by atoms with Gasteiger partial charge in [-0.3, -0.25) is 0 Å². The Morgan fingerprint density at radius 1 is 0.882 bits per heavy atom. The van der Waals surface area contributed by atoms with E-state index in [2.05, 4.69) is 13.8 Å². The fourth-order valence-electron chi connectivity index (χ4n) is 2.00. The molecule has 0 atom stereocenters. The van der Waals surface area contributed by atoms with Gasteiger partial charge in [0.1, 0.15) is 0 Å². The normalized spacial score (nSPS) is 10.2. The largest absolute Gasteiger partial charge is 0.478 e. The summed E-state index contributed by atoms with van der Waals surface area (Å²) in [7, 11) is 0. The number of aliphatic carboxylic acids is 1. The van der Waals surface area contributed by atoms with Crippen LogP contribution in [0.2, 0.25) is 0 Å². The van der Waals surface area contributed by atoms with Crippen LogP contribution in [-0.4, -0.2) is 11.1 Å². The maximum atomic E-state index is 10.7. The summed E-state index contributed by atoms with van der Waals surface area (Å²) in [6.45, 7) is 4.39. The fraction of sp³-hybridized carbons (Fsp3) is 0.800. The lowest BCUT2D eigenvalue weighted by Gasteiger charge is -2.06. The second-order valence-electron chi connectivity index (χ2n) is 4.76. The Balaban J connectivity index is 3.85. The van der Waals surface area contributed by atoms with Crippen LogP contribution < -0.4 is 0 Å². The van der Waals surface area contributed by atoms with Crippen LogP contribution in [0, 0.1) is 0 Å². The third kappa shape index (κ3) is 11.5. The maximum absolute atomic E-state index is 10.7. The molecule has 0 unspecified atom stereocenters. The third-order valence-electron chi connectivity index (χ3n) is 3.03. The van der Waals surface area contributed by atoms with Crippen molar-refractivity contribution < 1.29 is 9.90 Å². The molecule has 0 spiro atoms. The van der Waals surface area contributed by atoms with Crippen molar-refractivity contribution >= 4 is 5.97 Å². The van der Waals surface area contributed by atoms with Crippen LogP contribution in [0.4, 0.5) is 0 Å². The van der Waals surface area contributed by atoms with E-state index in [9.17, 15) is 4.79 Å². The third-order valence-corrected chi connectivity index (χ3v) is 3.03. The lowest BCUT2D eigenvalue weighted by molar-refractivity contribution is -0.131. The molecule has 0 amide bonds. The summed E-state index contributed by atoms with van der Waals surface area (Å²) in [4.78, 5) is 10.7. The summed E-state index contributed by atoms with van der Waals surface area (Å²) in [5.41, 5.74) is 1.13. The van der Waals surface area contributed by atoms with E-state index in [4.69, 9.17) is 5.11 Å². The maximum Gasteiger partial charge on any atom is 0.328 e. The van der Waals surface area contributed by atoms with E-state index < -0.39 is 5.97 Å². The number of unbranched alkanes of at least 4 members (excludes halogenated alkanes) is 6. The minimum atomic E-state index is -0.786. The minimum absolute atomic E-state index is 0.786. The second-order valence-corrected chi connectivity index (χ2v) is 4.76. The van der Waals surface area contributed by atoms with E-state index in [1.807, 2.05) is 0 Å². The highest BCUT2D eigenvalue weighted by atomic mass is 16.4. The molecule has 0 heterocycles. The first-order chi connectivity index (χ1) is 8.20. The molecule has 0 aromatic rings. The van der Waals surface area contributed by atoms with Crippen LogP contribution in [0.1, 0.15) is 78.1 Å². The van der Waals surface area contributed by atoms with Crippen molar-refractivity contribution in [3.8, 4) is 0 Å². The summed E-state index contributed by atoms with van der Waals surface area (Å²) in [5.74, 6) is -0.786. The Morgan fingerprint density at radius 2 is 1.35 bits per heavy atom. The summed E-state index contributed by atoms with van der Waals surface area (Å²) in [6, 6.07) is 0. The summed E-state index contributed by atoms with van der Waals surface area (Å²) < 4.78 is 0. The molecule has 2 nitrogen and oxygen atoms in total. The average Bonchev–Trinajstić information content (AvgIpc) is 2.29. The molecule has 0 aromatic carbocycles. The Morgan fingerprint density at radius 3 is 1.71 bits per heavy atom. The molecule has 1 N–H and O–H groups in total. The number of hydrogen-bond acceptors (Lipinski definition) is 1. The zero-order valence-corrected chi connectivity index (χ0v) is 11.5. The van der Waals surface area contributed by atoms with Gasteiger partial charge in [-0.25, -0.2) is 4.79 Å². The smallest absolute Gasteiger partial charge is 0.328 e. The van der Waals surface area contributed by atoms with E-state index in [0.29, 0.717) is 0 Å². The van der Waals surface area contributed by atoms with Gasteiger partial charge in [-0.05, 0) is 25.7 Å². The number of carbonyl (C=O) groups is 1. The Labute approximate surface area is 106 Å². The van der Waals surface area contributed by atoms with Gasteiger partial charge in [0.05, 0.1) is 0 Å². The predicted molar refractivity (Wildman–Crippen MR) is 73.2 cm³/mol. The first-order valence-corrected chi connectivity index (χ1v) is 7.13. The number of allylic oxidation sites excluding steroid dienone is 1. The predicted octanol–water partition coefficient (Wildman–Crippen LogP) is 4.94. The summed E-state index contributed by atoms with van der Waals surface area (Å²) in [6.07, 6.45) is 13.1. The van der Waals surface area contributed by atoms with Crippen LogP contribution in [0.3, 0.4) is 0 Å². The van der Waals surface area contributed by atoms with Gasteiger partial charge in [-0.1, -0.05) is 57.9 Å². The van der Waals surface area contributed by atoms with E-state index in [1.165, 1.54) is 44.6 Å². The molecular weight excluding hydrogens is 212 g/mol. The van der Waals surface area contributed by atoms with E-state index >= 15 is 0 Å². The van der Waals surface area contributed by atoms with Crippen molar-refractivity contribution in [2.45, 2.75) is 78.1 Å². The van der Waals surface area contributed by atoms with Gasteiger partial charge in [-0.15, -0.1) is 0 Å². The van der Waals surface area contributed by atoms with Gasteiger partial charge in [0.15, 0.2) is 0 Å². The highest BCUT2D eigenvalue weighted by Crippen LogP contribution is 2.17. The van der Waals surface area contributed by atoms with E-state index in [1.54, 1.807) is 0 Å². The zero-order valence-electron chi connectivity index (χ0n) is 11.5. The lowest BCUT2D eigenvalue weighted by atomic mass is 10.00. The van der Waals surface area contributed by atoms with Gasteiger partial charge in [0.2, 0.25) is 0 Å². The standard InChI is InChI=1S/C15H28O2/c1-3-5-7-9-11-14(13-15(16)17)12-10-8-6-4-2/h13H,3-12H2,1-2H3,(H,16,17). The van der Waals surface area contributed by atoms with Crippen molar-refractivity contribution in [1.29, 1.82) is 0 Å². The van der Waals surface area contributed by atoms with Crippen LogP contribution in [0.5, 0.6) is 0 Å². The average molecular weight is 240 g/mol. The molecule has 2 heteroatoms. The van der Waals surface area contributed by atoms with E-state index in [0.717, 1.165) is 31.3 Å². The molecule has 0 fully saturated rings. The molecule has 0 aliphatic heterocycles. The fourth-order valence-corrected chi connectivity index (χ4v) is 2.00. The van der Waals surface area contributed by atoms with Gasteiger partial charge in [-0.2, -0.15) is 0 Å². The molecule has 0 aromatic heterocycles. The highest BCUT2D eigenvalue weighted by Gasteiger charge is 2.01. The zero-order chi connectivity index (χ0) is 12.9. The van der Waals surface area contributed by atoms with Crippen molar-refractivity contribution in [3.05, 3.63) is 11.6 Å². The first kappa shape index (κ1) is 16.2. The number of rotatable bonds is 11. The highest BCUT2D eigenvalue weighted by molar-refractivity contribution is 5.80. The molecule has 0 aliphatic rings. The van der Waals surface area contributed by atoms with Gasteiger partial charge >= 0.3 is 5.97 Å². The van der Waals surface area contributed by atoms with Crippen molar-refractivity contribution in [2.75, 3.05) is 0 Å².